The summed E-state index contributed by atoms with van der Waals surface area (Å²) in [6, 6.07) is 0.382. The lowest BCUT2D eigenvalue weighted by molar-refractivity contribution is 0.418. The van der Waals surface area contributed by atoms with Crippen molar-refractivity contribution in [3.8, 4) is 0 Å². The van der Waals surface area contributed by atoms with E-state index in [1.54, 1.807) is 0 Å². The summed E-state index contributed by atoms with van der Waals surface area (Å²) in [4.78, 5) is 0. The highest BCUT2D eigenvalue weighted by Gasteiger charge is 2.15. The molecule has 1 atom stereocenters. The lowest BCUT2D eigenvalue weighted by Crippen LogP contribution is -2.11. The first-order valence-electron chi connectivity index (χ1n) is 5.15. The maximum atomic E-state index is 5.99. The van der Waals surface area contributed by atoms with Crippen LogP contribution in [0.15, 0.2) is 0 Å². The summed E-state index contributed by atoms with van der Waals surface area (Å²) in [7, 11) is 0. The zero-order valence-electron chi connectivity index (χ0n) is 9.29. The summed E-state index contributed by atoms with van der Waals surface area (Å²) >= 11 is 5.99. The first-order chi connectivity index (χ1) is 6.56. The van der Waals surface area contributed by atoms with Crippen molar-refractivity contribution in [3.63, 3.8) is 0 Å². The number of aryl methyl sites for hydroxylation is 1. The zero-order chi connectivity index (χ0) is 10.7. The molecule has 0 aliphatic heterocycles. The van der Waals surface area contributed by atoms with Crippen LogP contribution in [-0.4, -0.2) is 14.8 Å². The number of rotatable bonds is 4. The van der Waals surface area contributed by atoms with E-state index in [4.69, 9.17) is 11.6 Å². The van der Waals surface area contributed by atoms with Gasteiger partial charge in [-0.3, -0.25) is 4.57 Å². The molecule has 1 unspecified atom stereocenters. The highest BCUT2D eigenvalue weighted by atomic mass is 35.5. The Labute approximate surface area is 90.5 Å². The lowest BCUT2D eigenvalue weighted by Gasteiger charge is -2.17. The van der Waals surface area contributed by atoms with E-state index < -0.39 is 0 Å². The fourth-order valence-electron chi connectivity index (χ4n) is 1.77. The van der Waals surface area contributed by atoms with Gasteiger partial charge in [0.2, 0.25) is 5.28 Å². The second-order valence-electron chi connectivity index (χ2n) is 4.09. The average molecular weight is 216 g/mol. The van der Waals surface area contributed by atoms with Gasteiger partial charge < -0.3 is 0 Å². The molecule has 0 fully saturated rings. The quantitative estimate of drug-likeness (QED) is 0.773. The van der Waals surface area contributed by atoms with E-state index >= 15 is 0 Å². The summed E-state index contributed by atoms with van der Waals surface area (Å²) in [6.45, 7) is 8.65. The highest BCUT2D eigenvalue weighted by molar-refractivity contribution is 6.28. The van der Waals surface area contributed by atoms with Gasteiger partial charge in [0.25, 0.3) is 0 Å². The molecule has 0 amide bonds. The van der Waals surface area contributed by atoms with Crippen LogP contribution in [0, 0.1) is 5.92 Å². The van der Waals surface area contributed by atoms with E-state index in [0.29, 0.717) is 17.2 Å². The largest absolute Gasteiger partial charge is 0.299 e. The maximum absolute atomic E-state index is 5.99. The monoisotopic (exact) mass is 215 g/mol. The van der Waals surface area contributed by atoms with Crippen LogP contribution < -0.4 is 0 Å². The Bertz CT molecular complexity index is 294. The highest BCUT2D eigenvalue weighted by Crippen LogP contribution is 2.22. The second-order valence-corrected chi connectivity index (χ2v) is 4.43. The molecule has 0 bridgehead atoms. The van der Waals surface area contributed by atoms with Gasteiger partial charge in [-0.2, -0.15) is 0 Å². The molecule has 1 aromatic heterocycles. The van der Waals surface area contributed by atoms with Crippen molar-refractivity contribution in [2.45, 2.75) is 46.6 Å². The van der Waals surface area contributed by atoms with Gasteiger partial charge in [0.1, 0.15) is 5.82 Å². The van der Waals surface area contributed by atoms with E-state index in [0.717, 1.165) is 18.7 Å². The van der Waals surface area contributed by atoms with Crippen molar-refractivity contribution in [3.05, 3.63) is 11.1 Å². The fraction of sp³-hybridized carbons (Fsp3) is 0.800. The molecule has 0 saturated heterocycles. The molecule has 0 radical (unpaired) electrons. The molecular formula is C10H18ClN3. The molecule has 1 heterocycles. The van der Waals surface area contributed by atoms with E-state index in [2.05, 4.69) is 37.9 Å². The predicted molar refractivity (Wildman–Crippen MR) is 58.6 cm³/mol. The fourth-order valence-corrected chi connectivity index (χ4v) is 2.07. The van der Waals surface area contributed by atoms with Crippen molar-refractivity contribution in [2.24, 2.45) is 5.92 Å². The van der Waals surface area contributed by atoms with Crippen LogP contribution in [-0.2, 0) is 6.42 Å². The molecule has 14 heavy (non-hydrogen) atoms. The van der Waals surface area contributed by atoms with Gasteiger partial charge >= 0.3 is 0 Å². The van der Waals surface area contributed by atoms with E-state index in [9.17, 15) is 0 Å². The SMILES string of the molecule is CCc1nnc(Cl)n1C(C)CC(C)C. The third-order valence-electron chi connectivity index (χ3n) is 2.29. The molecule has 1 aromatic rings. The van der Waals surface area contributed by atoms with Crippen molar-refractivity contribution in [1.82, 2.24) is 14.8 Å². The molecule has 0 saturated carbocycles. The number of hydrogen-bond donors (Lipinski definition) is 0. The Morgan fingerprint density at radius 2 is 1.93 bits per heavy atom. The Morgan fingerprint density at radius 1 is 1.29 bits per heavy atom. The summed E-state index contributed by atoms with van der Waals surface area (Å²) in [5.41, 5.74) is 0. The van der Waals surface area contributed by atoms with Crippen LogP contribution in [0.2, 0.25) is 5.28 Å². The van der Waals surface area contributed by atoms with Crippen LogP contribution in [0.1, 0.15) is 46.0 Å². The van der Waals surface area contributed by atoms with Gasteiger partial charge in [-0.05, 0) is 30.9 Å². The van der Waals surface area contributed by atoms with Gasteiger partial charge in [-0.15, -0.1) is 10.2 Å². The third kappa shape index (κ3) is 2.47. The summed E-state index contributed by atoms with van der Waals surface area (Å²) in [5, 5.41) is 8.45. The summed E-state index contributed by atoms with van der Waals surface area (Å²) < 4.78 is 2.03. The van der Waals surface area contributed by atoms with E-state index in [-0.39, 0.29) is 0 Å². The number of halogens is 1. The topological polar surface area (TPSA) is 30.7 Å². The van der Waals surface area contributed by atoms with Gasteiger partial charge in [-0.25, -0.2) is 0 Å². The molecule has 0 aromatic carbocycles. The standard InChI is InChI=1S/C10H18ClN3/c1-5-9-12-13-10(11)14(9)8(4)6-7(2)3/h7-8H,5-6H2,1-4H3. The smallest absolute Gasteiger partial charge is 0.225 e. The molecule has 1 rings (SSSR count). The Balaban J connectivity index is 2.86. The number of nitrogens with zero attached hydrogens (tertiary/aromatic N) is 3. The normalized spacial score (nSPS) is 13.6. The van der Waals surface area contributed by atoms with E-state index in [1.807, 2.05) is 4.57 Å². The van der Waals surface area contributed by atoms with Crippen LogP contribution in [0.25, 0.3) is 0 Å². The number of aromatic nitrogens is 3. The molecule has 0 aliphatic rings. The lowest BCUT2D eigenvalue weighted by atomic mass is 10.1. The predicted octanol–water partition coefficient (Wildman–Crippen LogP) is 3.10. The minimum absolute atomic E-state index is 0.382. The minimum atomic E-state index is 0.382. The molecule has 80 valence electrons. The zero-order valence-corrected chi connectivity index (χ0v) is 10.0. The van der Waals surface area contributed by atoms with E-state index in [1.165, 1.54) is 0 Å². The maximum Gasteiger partial charge on any atom is 0.225 e. The first kappa shape index (κ1) is 11.5. The van der Waals surface area contributed by atoms with Gasteiger partial charge in [0.05, 0.1) is 0 Å². The molecule has 3 nitrogen and oxygen atoms in total. The van der Waals surface area contributed by atoms with Gasteiger partial charge in [-0.1, -0.05) is 20.8 Å². The molecule has 0 spiro atoms. The molecule has 0 aliphatic carbocycles. The Morgan fingerprint density at radius 3 is 2.43 bits per heavy atom. The Kier molecular flexibility index (Phi) is 3.93. The van der Waals surface area contributed by atoms with Crippen molar-refractivity contribution >= 4 is 11.6 Å². The van der Waals surface area contributed by atoms with Crippen molar-refractivity contribution in [1.29, 1.82) is 0 Å². The summed E-state index contributed by atoms with van der Waals surface area (Å²) in [5.74, 6) is 1.64. The molecule has 0 N–H and O–H groups in total. The van der Waals surface area contributed by atoms with Crippen LogP contribution in [0.4, 0.5) is 0 Å². The van der Waals surface area contributed by atoms with Crippen LogP contribution >= 0.6 is 11.6 Å². The second kappa shape index (κ2) is 4.78. The van der Waals surface area contributed by atoms with Crippen molar-refractivity contribution in [2.75, 3.05) is 0 Å². The molecular weight excluding hydrogens is 198 g/mol. The third-order valence-corrected chi connectivity index (χ3v) is 2.55. The molecule has 4 heteroatoms. The van der Waals surface area contributed by atoms with Crippen molar-refractivity contribution < 1.29 is 0 Å². The number of hydrogen-bond acceptors (Lipinski definition) is 2. The van der Waals surface area contributed by atoms with Crippen LogP contribution in [0.5, 0.6) is 0 Å². The summed E-state index contributed by atoms with van der Waals surface area (Å²) in [6.07, 6.45) is 1.98. The minimum Gasteiger partial charge on any atom is -0.299 e. The van der Waals surface area contributed by atoms with Gasteiger partial charge in [0, 0.05) is 12.5 Å². The first-order valence-corrected chi connectivity index (χ1v) is 5.53. The van der Waals surface area contributed by atoms with Crippen LogP contribution in [0.3, 0.4) is 0 Å². The van der Waals surface area contributed by atoms with Gasteiger partial charge in [0.15, 0.2) is 0 Å². The average Bonchev–Trinajstić information content (AvgIpc) is 2.45. The Hall–Kier alpha value is -0.570.